The molecule has 0 saturated heterocycles. The molecule has 1 aromatic rings. The molecule has 4 saturated carbocycles. The summed E-state index contributed by atoms with van der Waals surface area (Å²) in [4.78, 5) is 16.7. The van der Waals surface area contributed by atoms with E-state index in [1.54, 1.807) is 18.2 Å². The van der Waals surface area contributed by atoms with E-state index < -0.39 is 22.7 Å². The van der Waals surface area contributed by atoms with Gasteiger partial charge in [0.25, 0.3) is 0 Å². The van der Waals surface area contributed by atoms with Gasteiger partial charge < -0.3 is 30.3 Å². The molecule has 0 unspecified atom stereocenters. The third kappa shape index (κ3) is 3.97. The number of carbonyl (C=O) groups excluding carboxylic acids is 1. The fraction of sp³-hybridized carbons (Fsp3) is 0.677. The maximum Gasteiger partial charge on any atom is 0.331 e. The standard InChI is InChI=1S/C31H41NO7/c1-28-9-5-23-24(31(28,38)12-7-22(28)20-15-27(36)39-17-20)6-11-30(37)16-21(33)4-10-29(23,30)18-32-13-8-19-2-3-25(34)26(35)14-19/h2-3,14-15,18,21-24,33-35,37-38H,4-13,16-17H2,1H3/t21-,22+,23-,24+,28+,29-,30-,31-/m0/s1. The van der Waals surface area contributed by atoms with Crippen molar-refractivity contribution < 1.29 is 35.1 Å². The van der Waals surface area contributed by atoms with Crippen LogP contribution in [0.3, 0.4) is 0 Å². The van der Waals surface area contributed by atoms with Crippen molar-refractivity contribution in [2.45, 2.75) is 88.4 Å². The second-order valence-electron chi connectivity index (χ2n) is 13.1. The van der Waals surface area contributed by atoms with Crippen molar-refractivity contribution in [3.05, 3.63) is 35.4 Å². The summed E-state index contributed by atoms with van der Waals surface area (Å²) in [6, 6.07) is 4.77. The second-order valence-corrected chi connectivity index (χ2v) is 13.1. The van der Waals surface area contributed by atoms with E-state index in [4.69, 9.17) is 9.73 Å². The summed E-state index contributed by atoms with van der Waals surface area (Å²) in [5.41, 5.74) is -1.12. The number of hydrogen-bond acceptors (Lipinski definition) is 8. The fourth-order valence-corrected chi connectivity index (χ4v) is 9.51. The van der Waals surface area contributed by atoms with E-state index in [0.29, 0.717) is 58.1 Å². The molecule has 6 rings (SSSR count). The molecule has 8 nitrogen and oxygen atoms in total. The molecular weight excluding hydrogens is 498 g/mol. The van der Waals surface area contributed by atoms with Crippen molar-refractivity contribution >= 4 is 12.2 Å². The first-order valence-corrected chi connectivity index (χ1v) is 14.5. The average molecular weight is 540 g/mol. The Labute approximate surface area is 229 Å². The quantitative estimate of drug-likeness (QED) is 0.219. The molecule has 1 aliphatic heterocycles. The molecule has 4 fully saturated rings. The molecule has 8 atom stereocenters. The molecule has 5 aliphatic rings. The smallest absolute Gasteiger partial charge is 0.331 e. The Morgan fingerprint density at radius 2 is 1.82 bits per heavy atom. The minimum absolute atomic E-state index is 0.00381. The Hall–Kier alpha value is -2.42. The van der Waals surface area contributed by atoms with E-state index in [2.05, 4.69) is 6.92 Å². The number of ether oxygens (including phenoxy) is 1. The van der Waals surface area contributed by atoms with Crippen LogP contribution in [-0.4, -0.2) is 68.2 Å². The lowest BCUT2D eigenvalue weighted by molar-refractivity contribution is -0.237. The van der Waals surface area contributed by atoms with Crippen molar-refractivity contribution in [3.8, 4) is 11.5 Å². The first kappa shape index (κ1) is 26.8. The summed E-state index contributed by atoms with van der Waals surface area (Å²) < 4.78 is 5.24. The van der Waals surface area contributed by atoms with Gasteiger partial charge in [0.15, 0.2) is 11.5 Å². The maximum atomic E-state index is 12.5. The van der Waals surface area contributed by atoms with E-state index in [-0.39, 0.29) is 40.6 Å². The van der Waals surface area contributed by atoms with Crippen molar-refractivity contribution in [1.29, 1.82) is 0 Å². The zero-order chi connectivity index (χ0) is 27.6. The van der Waals surface area contributed by atoms with Crippen molar-refractivity contribution in [2.75, 3.05) is 13.2 Å². The minimum atomic E-state index is -1.08. The number of fused-ring (bicyclic) bond motifs is 5. The fourth-order valence-electron chi connectivity index (χ4n) is 9.51. The van der Waals surface area contributed by atoms with Crippen LogP contribution in [0.4, 0.5) is 0 Å². The summed E-state index contributed by atoms with van der Waals surface area (Å²) in [5, 5.41) is 54.6. The highest BCUT2D eigenvalue weighted by Gasteiger charge is 2.71. The van der Waals surface area contributed by atoms with Gasteiger partial charge in [0.05, 0.1) is 17.3 Å². The summed E-state index contributed by atoms with van der Waals surface area (Å²) >= 11 is 0. The Bertz CT molecular complexity index is 1210. The molecule has 0 spiro atoms. The number of carbonyl (C=O) groups is 1. The van der Waals surface area contributed by atoms with Gasteiger partial charge in [-0.05, 0) is 98.8 Å². The van der Waals surface area contributed by atoms with Crippen LogP contribution in [-0.2, 0) is 16.0 Å². The lowest BCUT2D eigenvalue weighted by Crippen LogP contribution is -2.68. The van der Waals surface area contributed by atoms with Gasteiger partial charge in [-0.25, -0.2) is 4.79 Å². The number of aliphatic hydroxyl groups is 3. The van der Waals surface area contributed by atoms with Crippen LogP contribution < -0.4 is 0 Å². The summed E-state index contributed by atoms with van der Waals surface area (Å²) in [5.74, 6) is -0.457. The van der Waals surface area contributed by atoms with Crippen molar-refractivity contribution in [2.24, 2.45) is 33.6 Å². The van der Waals surface area contributed by atoms with Gasteiger partial charge in [-0.15, -0.1) is 0 Å². The van der Waals surface area contributed by atoms with Crippen LogP contribution in [0.5, 0.6) is 11.5 Å². The Kier molecular flexibility index (Phi) is 6.40. The number of aliphatic imine (C=N–C) groups is 1. The lowest BCUT2D eigenvalue weighted by atomic mass is 9.41. The molecule has 212 valence electrons. The minimum Gasteiger partial charge on any atom is -0.504 e. The highest BCUT2D eigenvalue weighted by Crippen LogP contribution is 2.70. The molecule has 0 amide bonds. The lowest BCUT2D eigenvalue weighted by Gasteiger charge is -2.65. The number of esters is 1. The van der Waals surface area contributed by atoms with Gasteiger partial charge in [0.2, 0.25) is 0 Å². The normalized spacial score (nSPS) is 43.5. The summed E-state index contributed by atoms with van der Waals surface area (Å²) in [6.07, 6.45) is 9.48. The van der Waals surface area contributed by atoms with Crippen molar-refractivity contribution in [1.82, 2.24) is 0 Å². The molecule has 0 aromatic heterocycles. The number of rotatable bonds is 5. The number of phenolic OH excluding ortho intramolecular Hbond substituents is 2. The molecule has 0 radical (unpaired) electrons. The number of aliphatic hydroxyl groups excluding tert-OH is 1. The molecule has 0 bridgehead atoms. The Balaban J connectivity index is 1.29. The first-order chi connectivity index (χ1) is 18.5. The van der Waals surface area contributed by atoms with Crippen LogP contribution in [0, 0.1) is 28.6 Å². The van der Waals surface area contributed by atoms with Crippen LogP contribution in [0.25, 0.3) is 0 Å². The molecule has 1 aromatic carbocycles. The number of cyclic esters (lactones) is 1. The van der Waals surface area contributed by atoms with Crippen LogP contribution in [0.2, 0.25) is 0 Å². The topological polar surface area (TPSA) is 140 Å². The highest BCUT2D eigenvalue weighted by atomic mass is 16.5. The first-order valence-electron chi connectivity index (χ1n) is 14.5. The second kappa shape index (κ2) is 9.32. The van der Waals surface area contributed by atoms with Crippen molar-refractivity contribution in [3.63, 3.8) is 0 Å². The summed E-state index contributed by atoms with van der Waals surface area (Å²) in [6.45, 7) is 2.97. The third-order valence-electron chi connectivity index (χ3n) is 11.5. The molecule has 8 heteroatoms. The number of phenols is 2. The predicted molar refractivity (Wildman–Crippen MR) is 144 cm³/mol. The highest BCUT2D eigenvalue weighted by molar-refractivity contribution is 5.85. The average Bonchev–Trinajstić information content (AvgIpc) is 3.43. The monoisotopic (exact) mass is 539 g/mol. The van der Waals surface area contributed by atoms with Gasteiger partial charge in [0.1, 0.15) is 6.61 Å². The van der Waals surface area contributed by atoms with Gasteiger partial charge in [-0.1, -0.05) is 13.0 Å². The third-order valence-corrected chi connectivity index (χ3v) is 11.5. The molecule has 1 heterocycles. The predicted octanol–water partition coefficient (Wildman–Crippen LogP) is 3.42. The maximum absolute atomic E-state index is 12.5. The molecule has 39 heavy (non-hydrogen) atoms. The van der Waals surface area contributed by atoms with Crippen LogP contribution >= 0.6 is 0 Å². The Morgan fingerprint density at radius 1 is 1.03 bits per heavy atom. The van der Waals surface area contributed by atoms with E-state index in [9.17, 15) is 30.3 Å². The SMILES string of the molecule is C[C@]12CC[C@H]3[C@@H](CC[C@]4(O)C[C@@H](O)CC[C@]34C=NCCc3ccc(O)c(O)c3)[C@@]1(O)CC[C@@H]2C1=CC(=O)OC1. The molecular formula is C31H41NO7. The molecule has 5 N–H and O–H groups in total. The Morgan fingerprint density at radius 3 is 2.56 bits per heavy atom. The van der Waals surface area contributed by atoms with E-state index in [1.807, 2.05) is 6.21 Å². The number of benzene rings is 1. The number of nitrogens with zero attached hydrogens (tertiary/aromatic N) is 1. The van der Waals surface area contributed by atoms with Gasteiger partial charge in [-0.2, -0.15) is 0 Å². The van der Waals surface area contributed by atoms with Crippen LogP contribution in [0.15, 0.2) is 34.8 Å². The van der Waals surface area contributed by atoms with E-state index in [1.165, 1.54) is 6.07 Å². The number of hydrogen-bond donors (Lipinski definition) is 5. The number of aromatic hydroxyl groups is 2. The van der Waals surface area contributed by atoms with E-state index >= 15 is 0 Å². The molecule has 4 aliphatic carbocycles. The zero-order valence-corrected chi connectivity index (χ0v) is 22.7. The van der Waals surface area contributed by atoms with Gasteiger partial charge in [-0.3, -0.25) is 4.99 Å². The van der Waals surface area contributed by atoms with Gasteiger partial charge >= 0.3 is 5.97 Å². The van der Waals surface area contributed by atoms with Gasteiger partial charge in [0, 0.05) is 36.1 Å². The zero-order valence-electron chi connectivity index (χ0n) is 22.7. The summed E-state index contributed by atoms with van der Waals surface area (Å²) in [7, 11) is 0. The van der Waals surface area contributed by atoms with E-state index in [0.717, 1.165) is 30.4 Å². The van der Waals surface area contributed by atoms with Crippen LogP contribution in [0.1, 0.15) is 70.3 Å². The largest absolute Gasteiger partial charge is 0.504 e.